The van der Waals surface area contributed by atoms with Gasteiger partial charge in [-0.05, 0) is 31.4 Å². The molecule has 1 N–H and O–H groups in total. The fourth-order valence-electron chi connectivity index (χ4n) is 3.59. The molecule has 22 heavy (non-hydrogen) atoms. The van der Waals surface area contributed by atoms with E-state index < -0.39 is 0 Å². The zero-order valence-electron chi connectivity index (χ0n) is 12.1. The number of hydrogen-bond acceptors (Lipinski definition) is 5. The van der Waals surface area contributed by atoms with Gasteiger partial charge in [-0.1, -0.05) is 0 Å². The van der Waals surface area contributed by atoms with Crippen LogP contribution in [0, 0.1) is 5.92 Å². The fourth-order valence-corrected chi connectivity index (χ4v) is 3.59. The molecule has 3 atom stereocenters. The molecule has 0 aliphatic carbocycles. The average molecular weight is 299 g/mol. The molecule has 0 saturated carbocycles. The van der Waals surface area contributed by atoms with Crippen molar-refractivity contribution in [2.24, 2.45) is 5.92 Å². The summed E-state index contributed by atoms with van der Waals surface area (Å²) in [6.45, 7) is 3.21. The minimum atomic E-state index is -0.188. The molecule has 0 spiro atoms. The Bertz CT molecular complexity index is 727. The lowest BCUT2D eigenvalue weighted by Gasteiger charge is -2.30. The smallest absolute Gasteiger partial charge is 0.270 e. The Kier molecular flexibility index (Phi) is 3.18. The number of carbonyl (C=O) groups is 2. The zero-order chi connectivity index (χ0) is 15.1. The van der Waals surface area contributed by atoms with Gasteiger partial charge in [0.15, 0.2) is 11.9 Å². The lowest BCUT2D eigenvalue weighted by molar-refractivity contribution is 0.0904. The van der Waals surface area contributed by atoms with Crippen LogP contribution in [0.25, 0.3) is 11.0 Å². The molecule has 4 rings (SSSR count). The summed E-state index contributed by atoms with van der Waals surface area (Å²) in [5.74, 6) is 0.512. The molecule has 0 aromatic carbocycles. The van der Waals surface area contributed by atoms with Crippen LogP contribution in [0.4, 0.5) is 0 Å². The second-order valence-corrected chi connectivity index (χ2v) is 6.19. The summed E-state index contributed by atoms with van der Waals surface area (Å²) in [6.07, 6.45) is 5.86. The summed E-state index contributed by atoms with van der Waals surface area (Å²) in [7, 11) is 0. The van der Waals surface area contributed by atoms with Crippen molar-refractivity contribution in [3.8, 4) is 0 Å². The molecular formula is C16H17N3O3. The number of amides is 1. The molecule has 2 aliphatic rings. The molecule has 0 radical (unpaired) electrons. The quantitative estimate of drug-likeness (QED) is 0.869. The monoisotopic (exact) mass is 299 g/mol. The number of nitrogens with zero attached hydrogens (tertiary/aromatic N) is 2. The van der Waals surface area contributed by atoms with Gasteiger partial charge in [-0.25, -0.2) is 4.98 Å². The molecule has 2 bridgehead atoms. The highest BCUT2D eigenvalue weighted by Crippen LogP contribution is 2.27. The molecule has 2 aromatic heterocycles. The largest absolute Gasteiger partial charge is 0.462 e. The van der Waals surface area contributed by atoms with E-state index in [9.17, 15) is 9.59 Å². The fraction of sp³-hybridized carbons (Fsp3) is 0.438. The van der Waals surface area contributed by atoms with E-state index in [-0.39, 0.29) is 11.9 Å². The Labute approximate surface area is 127 Å². The Balaban J connectivity index is 1.53. The number of nitrogens with one attached hydrogen (secondary N) is 1. The lowest BCUT2D eigenvalue weighted by Crippen LogP contribution is -2.47. The highest BCUT2D eigenvalue weighted by atomic mass is 16.3. The second kappa shape index (κ2) is 5.21. The number of piperidine rings is 1. The minimum Gasteiger partial charge on any atom is -0.462 e. The van der Waals surface area contributed by atoms with Crippen LogP contribution >= 0.6 is 0 Å². The summed E-state index contributed by atoms with van der Waals surface area (Å²) >= 11 is 0. The number of furan rings is 1. The van der Waals surface area contributed by atoms with Crippen LogP contribution < -0.4 is 5.32 Å². The van der Waals surface area contributed by atoms with Crippen LogP contribution in [-0.4, -0.2) is 47.8 Å². The number of pyridine rings is 1. The molecule has 6 heteroatoms. The van der Waals surface area contributed by atoms with Gasteiger partial charge in [-0.2, -0.15) is 0 Å². The average Bonchev–Trinajstić information content (AvgIpc) is 3.09. The third kappa shape index (κ3) is 2.29. The molecule has 114 valence electrons. The normalized spacial score (nSPS) is 27.0. The van der Waals surface area contributed by atoms with Crippen molar-refractivity contribution in [1.82, 2.24) is 15.2 Å². The first kappa shape index (κ1) is 13.5. The van der Waals surface area contributed by atoms with Crippen LogP contribution in [0.3, 0.4) is 0 Å². The summed E-state index contributed by atoms with van der Waals surface area (Å²) in [6, 6.07) is 1.80. The van der Waals surface area contributed by atoms with Gasteiger partial charge in [0.2, 0.25) is 0 Å². The van der Waals surface area contributed by atoms with Crippen molar-refractivity contribution in [1.29, 1.82) is 0 Å². The Morgan fingerprint density at radius 1 is 1.45 bits per heavy atom. The molecule has 2 fully saturated rings. The summed E-state index contributed by atoms with van der Waals surface area (Å²) in [4.78, 5) is 29.9. The molecule has 6 nitrogen and oxygen atoms in total. The Hall–Kier alpha value is -2.21. The van der Waals surface area contributed by atoms with Gasteiger partial charge < -0.3 is 14.6 Å². The number of rotatable bonds is 3. The minimum absolute atomic E-state index is 0.182. The van der Waals surface area contributed by atoms with Crippen molar-refractivity contribution in [3.05, 3.63) is 29.8 Å². The lowest BCUT2D eigenvalue weighted by atomic mass is 9.97. The van der Waals surface area contributed by atoms with E-state index in [1.54, 1.807) is 6.07 Å². The van der Waals surface area contributed by atoms with Crippen molar-refractivity contribution in [2.75, 3.05) is 19.6 Å². The zero-order valence-corrected chi connectivity index (χ0v) is 12.1. The number of aromatic nitrogens is 1. The van der Waals surface area contributed by atoms with Crippen molar-refractivity contribution in [2.45, 2.75) is 18.9 Å². The molecular weight excluding hydrogens is 282 g/mol. The van der Waals surface area contributed by atoms with Crippen molar-refractivity contribution < 1.29 is 14.0 Å². The van der Waals surface area contributed by atoms with Gasteiger partial charge in [0.05, 0.1) is 11.8 Å². The highest BCUT2D eigenvalue weighted by Gasteiger charge is 2.33. The van der Waals surface area contributed by atoms with Gasteiger partial charge in [0.1, 0.15) is 12.0 Å². The van der Waals surface area contributed by atoms with Gasteiger partial charge in [0, 0.05) is 24.5 Å². The number of aldehydes is 1. The predicted molar refractivity (Wildman–Crippen MR) is 79.8 cm³/mol. The number of carbonyl (C=O) groups excluding carboxylic acids is 2. The Morgan fingerprint density at radius 3 is 3.18 bits per heavy atom. The first-order valence-electron chi connectivity index (χ1n) is 7.58. The van der Waals surface area contributed by atoms with Crippen LogP contribution in [0.5, 0.6) is 0 Å². The third-order valence-electron chi connectivity index (χ3n) is 4.65. The molecule has 2 aliphatic heterocycles. The maximum atomic E-state index is 12.4. The maximum Gasteiger partial charge on any atom is 0.270 e. The first-order valence-corrected chi connectivity index (χ1v) is 7.58. The van der Waals surface area contributed by atoms with Gasteiger partial charge in [0.25, 0.3) is 5.91 Å². The topological polar surface area (TPSA) is 75.4 Å². The molecule has 1 amide bonds. The van der Waals surface area contributed by atoms with E-state index in [4.69, 9.17) is 4.42 Å². The SMILES string of the molecule is O=Cc1coc2cnc(C(=O)N[C@@H]3C[C@H]4CCN(C4)C3)cc12. The van der Waals surface area contributed by atoms with Crippen LogP contribution in [0.1, 0.15) is 33.7 Å². The van der Waals surface area contributed by atoms with E-state index >= 15 is 0 Å². The number of fused-ring (bicyclic) bond motifs is 3. The van der Waals surface area contributed by atoms with Crippen LogP contribution in [0.2, 0.25) is 0 Å². The second-order valence-electron chi connectivity index (χ2n) is 6.19. The summed E-state index contributed by atoms with van der Waals surface area (Å²) in [5.41, 5.74) is 1.28. The van der Waals surface area contributed by atoms with Crippen LogP contribution in [-0.2, 0) is 0 Å². The highest BCUT2D eigenvalue weighted by molar-refractivity contribution is 6.00. The number of hydrogen-bond donors (Lipinski definition) is 1. The molecule has 2 saturated heterocycles. The van der Waals surface area contributed by atoms with E-state index in [2.05, 4.69) is 15.2 Å². The van der Waals surface area contributed by atoms with Gasteiger partial charge >= 0.3 is 0 Å². The maximum absolute atomic E-state index is 12.4. The van der Waals surface area contributed by atoms with E-state index in [1.165, 1.54) is 18.9 Å². The van der Waals surface area contributed by atoms with E-state index in [1.807, 2.05) is 0 Å². The van der Waals surface area contributed by atoms with Crippen LogP contribution in [0.15, 0.2) is 22.9 Å². The summed E-state index contributed by atoms with van der Waals surface area (Å²) < 4.78 is 5.23. The Morgan fingerprint density at radius 2 is 2.36 bits per heavy atom. The van der Waals surface area contributed by atoms with Gasteiger partial charge in [-0.3, -0.25) is 9.59 Å². The van der Waals surface area contributed by atoms with Gasteiger partial charge in [-0.15, -0.1) is 0 Å². The first-order chi connectivity index (χ1) is 10.7. The van der Waals surface area contributed by atoms with E-state index in [0.717, 1.165) is 32.3 Å². The van der Waals surface area contributed by atoms with E-state index in [0.29, 0.717) is 28.1 Å². The van der Waals surface area contributed by atoms with Crippen molar-refractivity contribution in [3.63, 3.8) is 0 Å². The molecule has 2 aromatic rings. The molecule has 1 unspecified atom stereocenters. The van der Waals surface area contributed by atoms with Crippen molar-refractivity contribution >= 4 is 23.2 Å². The predicted octanol–water partition coefficient (Wildman–Crippen LogP) is 1.46. The standard InChI is InChI=1S/C16H17N3O3/c20-8-11-9-22-15-5-17-14(4-13(11)15)16(21)18-12-3-10-1-2-19(6-10)7-12/h4-5,8-10,12H,1-3,6-7H2,(H,18,21)/t10-,12-/m1/s1. The molecule has 4 heterocycles. The summed E-state index contributed by atoms with van der Waals surface area (Å²) in [5, 5.41) is 3.70. The third-order valence-corrected chi connectivity index (χ3v) is 4.65.